The SMILES string of the molecule is O=C(NCCF)C1CSCCS1. The van der Waals surface area contributed by atoms with Crippen LogP contribution in [0.25, 0.3) is 0 Å². The molecule has 2 nitrogen and oxygen atoms in total. The number of hydrogen-bond acceptors (Lipinski definition) is 3. The molecule has 1 fully saturated rings. The summed E-state index contributed by atoms with van der Waals surface area (Å²) in [5, 5.41) is 2.59. The van der Waals surface area contributed by atoms with Gasteiger partial charge < -0.3 is 5.32 Å². The van der Waals surface area contributed by atoms with Gasteiger partial charge in [-0.3, -0.25) is 4.79 Å². The Kier molecular flexibility index (Phi) is 4.83. The summed E-state index contributed by atoms with van der Waals surface area (Å²) in [6, 6.07) is 0. The Labute approximate surface area is 80.0 Å². The molecule has 1 aliphatic rings. The van der Waals surface area contributed by atoms with Crippen molar-refractivity contribution >= 4 is 29.4 Å². The Bertz CT molecular complexity index is 150. The lowest BCUT2D eigenvalue weighted by molar-refractivity contribution is -0.120. The van der Waals surface area contributed by atoms with Crippen molar-refractivity contribution in [1.29, 1.82) is 0 Å². The molecule has 0 bridgehead atoms. The number of rotatable bonds is 3. The first kappa shape index (κ1) is 10.2. The molecule has 1 rings (SSSR count). The minimum absolute atomic E-state index is 0.00940. The summed E-state index contributed by atoms with van der Waals surface area (Å²) in [5.41, 5.74) is 0. The molecule has 0 radical (unpaired) electrons. The first-order valence-electron chi connectivity index (χ1n) is 3.87. The van der Waals surface area contributed by atoms with Crippen molar-refractivity contribution in [3.05, 3.63) is 0 Å². The second-order valence-electron chi connectivity index (χ2n) is 2.41. The van der Waals surface area contributed by atoms with Crippen LogP contribution in [0, 0.1) is 0 Å². The minimum Gasteiger partial charge on any atom is -0.352 e. The zero-order chi connectivity index (χ0) is 8.81. The van der Waals surface area contributed by atoms with Gasteiger partial charge >= 0.3 is 0 Å². The molecule has 12 heavy (non-hydrogen) atoms. The Balaban J connectivity index is 2.20. The van der Waals surface area contributed by atoms with E-state index in [4.69, 9.17) is 0 Å². The van der Waals surface area contributed by atoms with E-state index in [0.717, 1.165) is 17.3 Å². The van der Waals surface area contributed by atoms with Gasteiger partial charge in [0, 0.05) is 23.8 Å². The third-order valence-corrected chi connectivity index (χ3v) is 4.26. The van der Waals surface area contributed by atoms with E-state index in [0.29, 0.717) is 0 Å². The van der Waals surface area contributed by atoms with Crippen molar-refractivity contribution in [2.24, 2.45) is 0 Å². The molecule has 0 aliphatic carbocycles. The Morgan fingerprint density at radius 3 is 3.00 bits per heavy atom. The van der Waals surface area contributed by atoms with E-state index in [1.54, 1.807) is 23.5 Å². The quantitative estimate of drug-likeness (QED) is 0.749. The predicted molar refractivity (Wildman–Crippen MR) is 52.6 cm³/mol. The van der Waals surface area contributed by atoms with Gasteiger partial charge in [0.05, 0.1) is 5.25 Å². The second-order valence-corrected chi connectivity index (χ2v) is 4.87. The fourth-order valence-electron chi connectivity index (χ4n) is 0.923. The zero-order valence-electron chi connectivity index (χ0n) is 6.72. The Morgan fingerprint density at radius 1 is 1.58 bits per heavy atom. The molecule has 0 saturated carbocycles. The van der Waals surface area contributed by atoms with Crippen LogP contribution in [-0.4, -0.2) is 41.6 Å². The maximum Gasteiger partial charge on any atom is 0.234 e. The monoisotopic (exact) mass is 209 g/mol. The van der Waals surface area contributed by atoms with Crippen LogP contribution in [-0.2, 0) is 4.79 Å². The van der Waals surface area contributed by atoms with Crippen LogP contribution in [0.3, 0.4) is 0 Å². The molecule has 1 saturated heterocycles. The molecule has 1 N–H and O–H groups in total. The highest BCUT2D eigenvalue weighted by Crippen LogP contribution is 2.23. The van der Waals surface area contributed by atoms with Crippen LogP contribution in [0.4, 0.5) is 4.39 Å². The molecule has 1 heterocycles. The molecule has 1 unspecified atom stereocenters. The molecular weight excluding hydrogens is 197 g/mol. The smallest absolute Gasteiger partial charge is 0.234 e. The summed E-state index contributed by atoms with van der Waals surface area (Å²) in [7, 11) is 0. The third-order valence-electron chi connectivity index (χ3n) is 1.50. The molecule has 5 heteroatoms. The molecule has 0 aromatic carbocycles. The molecule has 1 amide bonds. The van der Waals surface area contributed by atoms with Crippen molar-refractivity contribution in [3.8, 4) is 0 Å². The second kappa shape index (κ2) is 5.70. The van der Waals surface area contributed by atoms with Gasteiger partial charge in [-0.15, -0.1) is 11.8 Å². The summed E-state index contributed by atoms with van der Waals surface area (Å²) in [6.45, 7) is -0.323. The number of hydrogen-bond donors (Lipinski definition) is 1. The van der Waals surface area contributed by atoms with Gasteiger partial charge in [-0.05, 0) is 0 Å². The van der Waals surface area contributed by atoms with Gasteiger partial charge in [0.2, 0.25) is 5.91 Å². The van der Waals surface area contributed by atoms with Crippen LogP contribution in [0.2, 0.25) is 0 Å². The number of carbonyl (C=O) groups is 1. The molecule has 70 valence electrons. The van der Waals surface area contributed by atoms with E-state index in [9.17, 15) is 9.18 Å². The van der Waals surface area contributed by atoms with Crippen molar-refractivity contribution < 1.29 is 9.18 Å². The number of carbonyl (C=O) groups excluding carboxylic acids is 1. The average Bonchev–Trinajstić information content (AvgIpc) is 2.15. The first-order valence-corrected chi connectivity index (χ1v) is 6.08. The van der Waals surface area contributed by atoms with Crippen LogP contribution in [0.5, 0.6) is 0 Å². The lowest BCUT2D eigenvalue weighted by Gasteiger charge is -2.19. The van der Waals surface area contributed by atoms with E-state index in [-0.39, 0.29) is 17.7 Å². The Hall–Kier alpha value is 0.1000. The maximum atomic E-state index is 11.7. The number of alkyl halides is 1. The highest BCUT2D eigenvalue weighted by Gasteiger charge is 2.21. The summed E-state index contributed by atoms with van der Waals surface area (Å²) < 4.78 is 11.7. The molecule has 1 aliphatic heterocycles. The van der Waals surface area contributed by atoms with Gasteiger partial charge in [-0.2, -0.15) is 11.8 Å². The summed E-state index contributed by atoms with van der Waals surface area (Å²) in [6.07, 6.45) is 0. The van der Waals surface area contributed by atoms with E-state index in [1.807, 2.05) is 0 Å². The van der Waals surface area contributed by atoms with E-state index in [1.165, 1.54) is 0 Å². The number of halogens is 1. The lowest BCUT2D eigenvalue weighted by Crippen LogP contribution is -2.37. The van der Waals surface area contributed by atoms with Gasteiger partial charge in [0.25, 0.3) is 0 Å². The molecule has 0 spiro atoms. The van der Waals surface area contributed by atoms with Gasteiger partial charge in [-0.1, -0.05) is 0 Å². The molecule has 0 aromatic heterocycles. The molecular formula is C7H12FNOS2. The number of amides is 1. The zero-order valence-corrected chi connectivity index (χ0v) is 8.35. The van der Waals surface area contributed by atoms with Crippen LogP contribution >= 0.6 is 23.5 Å². The van der Waals surface area contributed by atoms with Crippen molar-refractivity contribution in [3.63, 3.8) is 0 Å². The van der Waals surface area contributed by atoms with Gasteiger partial charge in [0.15, 0.2) is 0 Å². The van der Waals surface area contributed by atoms with Gasteiger partial charge in [0.1, 0.15) is 6.67 Å². The van der Waals surface area contributed by atoms with Crippen LogP contribution in [0.15, 0.2) is 0 Å². The van der Waals surface area contributed by atoms with Crippen molar-refractivity contribution in [2.75, 3.05) is 30.5 Å². The van der Waals surface area contributed by atoms with E-state index < -0.39 is 6.67 Å². The number of thioether (sulfide) groups is 2. The lowest BCUT2D eigenvalue weighted by atomic mass is 10.4. The summed E-state index contributed by atoms with van der Waals surface area (Å²) >= 11 is 3.46. The van der Waals surface area contributed by atoms with Crippen LogP contribution in [0.1, 0.15) is 0 Å². The highest BCUT2D eigenvalue weighted by molar-refractivity contribution is 8.07. The van der Waals surface area contributed by atoms with Crippen molar-refractivity contribution in [2.45, 2.75) is 5.25 Å². The van der Waals surface area contributed by atoms with Crippen LogP contribution < -0.4 is 5.32 Å². The third kappa shape index (κ3) is 3.23. The fourth-order valence-corrected chi connectivity index (χ4v) is 3.50. The average molecular weight is 209 g/mol. The molecule has 1 atom stereocenters. The summed E-state index contributed by atoms with van der Waals surface area (Å²) in [5.74, 6) is 3.00. The van der Waals surface area contributed by atoms with E-state index in [2.05, 4.69) is 5.32 Å². The highest BCUT2D eigenvalue weighted by atomic mass is 32.2. The normalized spacial score (nSPS) is 23.6. The fraction of sp³-hybridized carbons (Fsp3) is 0.857. The predicted octanol–water partition coefficient (Wildman–Crippen LogP) is 0.921. The first-order chi connectivity index (χ1) is 5.84. The molecule has 0 aromatic rings. The van der Waals surface area contributed by atoms with E-state index >= 15 is 0 Å². The van der Waals surface area contributed by atoms with Gasteiger partial charge in [-0.25, -0.2) is 4.39 Å². The minimum atomic E-state index is -0.476. The Morgan fingerprint density at radius 2 is 2.42 bits per heavy atom. The number of nitrogens with one attached hydrogen (secondary N) is 1. The standard InChI is InChI=1S/C7H12FNOS2/c8-1-2-9-7(10)6-5-11-3-4-12-6/h6H,1-5H2,(H,9,10). The van der Waals surface area contributed by atoms with Crippen molar-refractivity contribution in [1.82, 2.24) is 5.32 Å². The topological polar surface area (TPSA) is 29.1 Å². The summed E-state index contributed by atoms with van der Waals surface area (Å²) in [4.78, 5) is 11.2. The maximum absolute atomic E-state index is 11.7. The largest absolute Gasteiger partial charge is 0.352 e.